The first-order valence-corrected chi connectivity index (χ1v) is 8.18. The van der Waals surface area contributed by atoms with Crippen molar-refractivity contribution in [3.05, 3.63) is 29.3 Å². The maximum absolute atomic E-state index is 12.8. The minimum Gasteiger partial charge on any atom is -0.484 e. The van der Waals surface area contributed by atoms with E-state index in [0.717, 1.165) is 25.7 Å². The molecule has 1 aromatic carbocycles. The number of carbonyl (C=O) groups is 1. The van der Waals surface area contributed by atoms with Crippen molar-refractivity contribution in [1.29, 1.82) is 0 Å². The Morgan fingerprint density at radius 3 is 2.08 bits per heavy atom. The first kappa shape index (κ1) is 20.4. The number of benzene rings is 1. The van der Waals surface area contributed by atoms with E-state index in [1.807, 2.05) is 6.92 Å². The maximum Gasteiger partial charge on any atom is 0.416 e. The minimum atomic E-state index is -4.96. The average molecular weight is 383 g/mol. The van der Waals surface area contributed by atoms with Gasteiger partial charge in [0.05, 0.1) is 11.1 Å². The highest BCUT2D eigenvalue weighted by molar-refractivity contribution is 5.77. The molecule has 0 radical (unpaired) electrons. The molecule has 1 aromatic rings. The van der Waals surface area contributed by atoms with Gasteiger partial charge in [0.15, 0.2) is 6.61 Å². The van der Waals surface area contributed by atoms with Crippen molar-refractivity contribution >= 4 is 5.91 Å². The number of amides is 1. The zero-order valence-corrected chi connectivity index (χ0v) is 14.0. The summed E-state index contributed by atoms with van der Waals surface area (Å²) in [5.74, 6) is -0.966. The van der Waals surface area contributed by atoms with Crippen molar-refractivity contribution in [1.82, 2.24) is 5.32 Å². The molecule has 26 heavy (non-hydrogen) atoms. The number of hydrogen-bond donors (Lipinski definition) is 1. The molecule has 3 nitrogen and oxygen atoms in total. The summed E-state index contributed by atoms with van der Waals surface area (Å²) in [6, 6.07) is 0.848. The molecule has 0 unspecified atom stereocenters. The van der Waals surface area contributed by atoms with Crippen LogP contribution in [-0.2, 0) is 17.1 Å². The Labute approximate surface area is 146 Å². The largest absolute Gasteiger partial charge is 0.484 e. The Bertz CT molecular complexity index is 609. The number of rotatable bonds is 4. The van der Waals surface area contributed by atoms with Gasteiger partial charge in [0.25, 0.3) is 5.91 Å². The standard InChI is InChI=1S/C17H19F6NO2/c1-10-4-2-3-5-14(10)24-15(25)9-26-13-7-11(16(18,19)20)6-12(8-13)17(21,22)23/h6-8,10,14H,2-5,9H2,1H3,(H,24,25)/t10-,14-/m0/s1. The van der Waals surface area contributed by atoms with Gasteiger partial charge in [-0.2, -0.15) is 26.3 Å². The molecular weight excluding hydrogens is 364 g/mol. The predicted octanol–water partition coefficient (Wildman–Crippen LogP) is 4.80. The van der Waals surface area contributed by atoms with Crippen molar-refractivity contribution in [3.63, 3.8) is 0 Å². The third-order valence-electron chi connectivity index (χ3n) is 4.39. The number of carbonyl (C=O) groups excluding carboxylic acids is 1. The van der Waals surface area contributed by atoms with Crippen LogP contribution >= 0.6 is 0 Å². The van der Waals surface area contributed by atoms with Gasteiger partial charge >= 0.3 is 12.4 Å². The quantitative estimate of drug-likeness (QED) is 0.759. The molecule has 0 heterocycles. The summed E-state index contributed by atoms with van der Waals surface area (Å²) in [6.45, 7) is 1.33. The van der Waals surface area contributed by atoms with Crippen LogP contribution in [0.2, 0.25) is 0 Å². The lowest BCUT2D eigenvalue weighted by atomic mass is 9.86. The summed E-state index contributed by atoms with van der Waals surface area (Å²) >= 11 is 0. The summed E-state index contributed by atoms with van der Waals surface area (Å²) in [6.07, 6.45) is -6.16. The zero-order valence-electron chi connectivity index (χ0n) is 14.0. The molecule has 9 heteroatoms. The molecule has 1 saturated carbocycles. The van der Waals surface area contributed by atoms with Crippen molar-refractivity contribution < 1.29 is 35.9 Å². The van der Waals surface area contributed by atoms with Crippen LogP contribution in [0.1, 0.15) is 43.7 Å². The summed E-state index contributed by atoms with van der Waals surface area (Å²) in [7, 11) is 0. The average Bonchev–Trinajstić information content (AvgIpc) is 2.53. The van der Waals surface area contributed by atoms with Crippen LogP contribution in [0.5, 0.6) is 5.75 Å². The smallest absolute Gasteiger partial charge is 0.416 e. The first-order chi connectivity index (χ1) is 12.0. The monoisotopic (exact) mass is 383 g/mol. The molecule has 2 rings (SSSR count). The van der Waals surface area contributed by atoms with E-state index >= 15 is 0 Å². The highest BCUT2D eigenvalue weighted by Crippen LogP contribution is 2.38. The predicted molar refractivity (Wildman–Crippen MR) is 81.5 cm³/mol. The fourth-order valence-corrected chi connectivity index (χ4v) is 2.94. The van der Waals surface area contributed by atoms with Gasteiger partial charge in [0.2, 0.25) is 0 Å². The van der Waals surface area contributed by atoms with Gasteiger partial charge in [0, 0.05) is 6.04 Å². The molecule has 146 valence electrons. The molecule has 0 spiro atoms. The van der Waals surface area contributed by atoms with Gasteiger partial charge in [0.1, 0.15) is 5.75 Å². The fourth-order valence-electron chi connectivity index (χ4n) is 2.94. The molecule has 0 aromatic heterocycles. The van der Waals surface area contributed by atoms with E-state index in [9.17, 15) is 31.1 Å². The molecular formula is C17H19F6NO2. The Morgan fingerprint density at radius 2 is 1.58 bits per heavy atom. The van der Waals surface area contributed by atoms with E-state index < -0.39 is 41.7 Å². The zero-order chi connectivity index (χ0) is 19.5. The van der Waals surface area contributed by atoms with E-state index in [1.54, 1.807) is 0 Å². The number of nitrogens with one attached hydrogen (secondary N) is 1. The van der Waals surface area contributed by atoms with E-state index in [4.69, 9.17) is 4.74 Å². The van der Waals surface area contributed by atoms with Crippen LogP contribution in [0, 0.1) is 5.92 Å². The van der Waals surface area contributed by atoms with Gasteiger partial charge in [-0.1, -0.05) is 19.8 Å². The van der Waals surface area contributed by atoms with Gasteiger partial charge in [-0.15, -0.1) is 0 Å². The molecule has 1 amide bonds. The van der Waals surface area contributed by atoms with Crippen LogP contribution in [0.15, 0.2) is 18.2 Å². The van der Waals surface area contributed by atoms with Crippen LogP contribution < -0.4 is 10.1 Å². The second-order valence-corrected chi connectivity index (χ2v) is 6.47. The van der Waals surface area contributed by atoms with Gasteiger partial charge < -0.3 is 10.1 Å². The summed E-state index contributed by atoms with van der Waals surface area (Å²) in [5.41, 5.74) is -2.97. The van der Waals surface area contributed by atoms with Crippen LogP contribution in [-0.4, -0.2) is 18.6 Å². The highest BCUT2D eigenvalue weighted by atomic mass is 19.4. The molecule has 2 atom stereocenters. The highest BCUT2D eigenvalue weighted by Gasteiger charge is 2.37. The fraction of sp³-hybridized carbons (Fsp3) is 0.588. The molecule has 0 bridgehead atoms. The van der Waals surface area contributed by atoms with E-state index in [-0.39, 0.29) is 18.0 Å². The summed E-state index contributed by atoms with van der Waals surface area (Å²) in [5, 5.41) is 2.72. The molecule has 0 saturated heterocycles. The maximum atomic E-state index is 12.8. The van der Waals surface area contributed by atoms with Gasteiger partial charge in [-0.05, 0) is 37.0 Å². The van der Waals surface area contributed by atoms with Crippen molar-refractivity contribution in [2.24, 2.45) is 5.92 Å². The first-order valence-electron chi connectivity index (χ1n) is 8.18. The van der Waals surface area contributed by atoms with Crippen molar-refractivity contribution in [2.45, 2.75) is 51.0 Å². The molecule has 1 aliphatic rings. The van der Waals surface area contributed by atoms with Gasteiger partial charge in [-0.3, -0.25) is 4.79 Å². The molecule has 1 N–H and O–H groups in total. The number of alkyl halides is 6. The van der Waals surface area contributed by atoms with E-state index in [2.05, 4.69) is 5.32 Å². The SMILES string of the molecule is C[C@H]1CCCC[C@@H]1NC(=O)COc1cc(C(F)(F)F)cc(C(F)(F)F)c1. The van der Waals surface area contributed by atoms with Crippen molar-refractivity contribution in [2.75, 3.05) is 6.61 Å². The van der Waals surface area contributed by atoms with E-state index in [1.165, 1.54) is 0 Å². The Hall–Kier alpha value is -1.93. The third-order valence-corrected chi connectivity index (χ3v) is 4.39. The number of ether oxygens (including phenoxy) is 1. The lowest BCUT2D eigenvalue weighted by Crippen LogP contribution is -2.43. The molecule has 1 fully saturated rings. The Balaban J connectivity index is 2.07. The third kappa shape index (κ3) is 5.54. The summed E-state index contributed by atoms with van der Waals surface area (Å²) < 4.78 is 81.6. The lowest BCUT2D eigenvalue weighted by Gasteiger charge is -2.29. The van der Waals surface area contributed by atoms with Crippen LogP contribution in [0.3, 0.4) is 0 Å². The van der Waals surface area contributed by atoms with Crippen LogP contribution in [0.4, 0.5) is 26.3 Å². The van der Waals surface area contributed by atoms with E-state index in [0.29, 0.717) is 12.1 Å². The Morgan fingerprint density at radius 1 is 1.04 bits per heavy atom. The second kappa shape index (κ2) is 7.75. The van der Waals surface area contributed by atoms with Crippen LogP contribution in [0.25, 0.3) is 0 Å². The Kier molecular flexibility index (Phi) is 6.08. The summed E-state index contributed by atoms with van der Waals surface area (Å²) in [4.78, 5) is 11.9. The number of halogens is 6. The second-order valence-electron chi connectivity index (χ2n) is 6.47. The normalized spacial score (nSPS) is 21.3. The number of hydrogen-bond acceptors (Lipinski definition) is 2. The molecule has 0 aliphatic heterocycles. The van der Waals surface area contributed by atoms with Crippen molar-refractivity contribution in [3.8, 4) is 5.75 Å². The molecule has 1 aliphatic carbocycles. The van der Waals surface area contributed by atoms with Gasteiger partial charge in [-0.25, -0.2) is 0 Å². The minimum absolute atomic E-state index is 0.0106. The topological polar surface area (TPSA) is 38.3 Å². The lowest BCUT2D eigenvalue weighted by molar-refractivity contribution is -0.143.